The van der Waals surface area contributed by atoms with E-state index in [9.17, 15) is 24.5 Å². The van der Waals surface area contributed by atoms with E-state index in [0.717, 1.165) is 4.90 Å². The van der Waals surface area contributed by atoms with Crippen molar-refractivity contribution in [3.63, 3.8) is 0 Å². The van der Waals surface area contributed by atoms with E-state index in [2.05, 4.69) is 25.3 Å². The molecule has 4 amide bonds. The molecule has 3 heterocycles. The second kappa shape index (κ2) is 6.50. The number of imide groups is 1. The van der Waals surface area contributed by atoms with E-state index >= 15 is 0 Å². The molecule has 0 aliphatic carbocycles. The van der Waals surface area contributed by atoms with Gasteiger partial charge in [0.1, 0.15) is 0 Å². The van der Waals surface area contributed by atoms with Crippen LogP contribution in [0.4, 0.5) is 16.2 Å². The molecule has 0 radical (unpaired) electrons. The highest BCUT2D eigenvalue weighted by molar-refractivity contribution is 6.04. The van der Waals surface area contributed by atoms with Crippen LogP contribution in [-0.4, -0.2) is 87.0 Å². The molecule has 0 saturated carbocycles. The van der Waals surface area contributed by atoms with Gasteiger partial charge in [-0.1, -0.05) is 0 Å². The monoisotopic (exact) mass is 402 g/mol. The smallest absolute Gasteiger partial charge is 0.328 e. The molecule has 29 heavy (non-hydrogen) atoms. The van der Waals surface area contributed by atoms with Crippen LogP contribution >= 0.6 is 0 Å². The molecule has 4 rings (SSSR count). The number of urea groups is 1. The first-order valence-electron chi connectivity index (χ1n) is 8.32. The van der Waals surface area contributed by atoms with Gasteiger partial charge >= 0.3 is 11.7 Å². The predicted molar refractivity (Wildman–Crippen MR) is 95.8 cm³/mol. The summed E-state index contributed by atoms with van der Waals surface area (Å²) in [6, 6.07) is 1.19. The highest BCUT2D eigenvalue weighted by Gasteiger charge is 2.48. The van der Waals surface area contributed by atoms with Crippen LogP contribution in [0.25, 0.3) is 11.0 Å². The third-order valence-corrected chi connectivity index (χ3v) is 4.77. The van der Waals surface area contributed by atoms with Crippen LogP contribution in [0.1, 0.15) is 0 Å². The summed E-state index contributed by atoms with van der Waals surface area (Å²) in [6.45, 7) is -0.240. The van der Waals surface area contributed by atoms with E-state index in [-0.39, 0.29) is 29.0 Å². The van der Waals surface area contributed by atoms with Gasteiger partial charge in [-0.2, -0.15) is 0 Å². The van der Waals surface area contributed by atoms with E-state index < -0.39 is 35.0 Å². The van der Waals surface area contributed by atoms with E-state index in [0.29, 0.717) is 0 Å². The fourth-order valence-corrected chi connectivity index (χ4v) is 3.30. The number of nitrogens with one attached hydrogen (secondary N) is 1. The molecule has 14 heteroatoms. The van der Waals surface area contributed by atoms with E-state index in [4.69, 9.17) is 0 Å². The highest BCUT2D eigenvalue weighted by Crippen LogP contribution is 2.29. The minimum absolute atomic E-state index is 0.0271. The number of anilines is 1. The van der Waals surface area contributed by atoms with Gasteiger partial charge in [-0.05, 0) is 16.4 Å². The van der Waals surface area contributed by atoms with Gasteiger partial charge in [0.05, 0.1) is 23.5 Å². The number of likely N-dealkylation sites (N-methyl/N-ethyl adjacent to an activating group) is 2. The molecule has 2 atom stereocenters. The highest BCUT2D eigenvalue weighted by atomic mass is 16.6. The van der Waals surface area contributed by atoms with Crippen LogP contribution < -0.4 is 5.32 Å². The number of nitro groups is 1. The molecule has 0 bridgehead atoms. The fourth-order valence-electron chi connectivity index (χ4n) is 3.30. The number of aromatic nitrogens is 2. The van der Waals surface area contributed by atoms with Crippen molar-refractivity contribution in [1.82, 2.24) is 25.0 Å². The van der Waals surface area contributed by atoms with Gasteiger partial charge in [0.2, 0.25) is 11.4 Å². The van der Waals surface area contributed by atoms with E-state index in [1.165, 1.54) is 42.4 Å². The minimum atomic E-state index is -0.820. The summed E-state index contributed by atoms with van der Waals surface area (Å²) in [5.74, 6) is -0.993. The van der Waals surface area contributed by atoms with Crippen molar-refractivity contribution in [3.8, 4) is 0 Å². The van der Waals surface area contributed by atoms with Crippen LogP contribution in [0, 0.1) is 10.1 Å². The Morgan fingerprint density at radius 3 is 2.72 bits per heavy atom. The molecule has 2 aliphatic rings. The van der Waals surface area contributed by atoms with Crippen molar-refractivity contribution < 1.29 is 23.9 Å². The number of hydrogen-bond acceptors (Lipinski definition) is 10. The Morgan fingerprint density at radius 1 is 1.28 bits per heavy atom. The average molecular weight is 402 g/mol. The van der Waals surface area contributed by atoms with Crippen molar-refractivity contribution in [3.05, 3.63) is 22.2 Å². The average Bonchev–Trinajstić information content (AvgIpc) is 3.32. The van der Waals surface area contributed by atoms with Crippen LogP contribution in [0.5, 0.6) is 0 Å². The molecule has 1 N–H and O–H groups in total. The Hall–Kier alpha value is -4.10. The summed E-state index contributed by atoms with van der Waals surface area (Å²) >= 11 is 0. The maximum absolute atomic E-state index is 12.5. The van der Waals surface area contributed by atoms with Crippen molar-refractivity contribution in [1.29, 1.82) is 0 Å². The Bertz CT molecular complexity index is 1080. The standard InChI is InChI=1S/C15H14N8O6/c1-20-13-12(14(25)21(2)15(20)26)22(6-16-13)5-9(24)17-7-3-4-8(23(27)28)11-10(7)18-29-19-11/h3-4,6,12-13H,5H2,1-2H3,(H,17,24). The van der Waals surface area contributed by atoms with Crippen LogP contribution in [-0.2, 0) is 9.59 Å². The summed E-state index contributed by atoms with van der Waals surface area (Å²) in [7, 11) is 2.88. The zero-order chi connectivity index (χ0) is 20.9. The van der Waals surface area contributed by atoms with Gasteiger partial charge in [0.15, 0.2) is 17.7 Å². The van der Waals surface area contributed by atoms with Crippen LogP contribution in [0.2, 0.25) is 0 Å². The lowest BCUT2D eigenvalue weighted by Gasteiger charge is -2.39. The maximum atomic E-state index is 12.5. The van der Waals surface area contributed by atoms with Crippen molar-refractivity contribution in [2.24, 2.45) is 4.99 Å². The number of carbonyl (C=O) groups is 3. The first-order valence-corrected chi connectivity index (χ1v) is 8.32. The number of aliphatic imine (C=N–C) groups is 1. The Labute approximate surface area is 161 Å². The summed E-state index contributed by atoms with van der Waals surface area (Å²) in [5, 5.41) is 20.7. The number of amides is 4. The van der Waals surface area contributed by atoms with Gasteiger partial charge in [0.25, 0.3) is 5.91 Å². The molecule has 1 aromatic carbocycles. The third-order valence-electron chi connectivity index (χ3n) is 4.77. The number of non-ortho nitro benzene ring substituents is 1. The number of nitrogens with zero attached hydrogens (tertiary/aromatic N) is 7. The molecule has 1 fully saturated rings. The SMILES string of the molecule is CN1C(=O)C2C(N=CN2CC(=O)Nc2ccc([N+](=O)[O-])c3nonc23)N(C)C1=O. The lowest BCUT2D eigenvalue weighted by atomic mass is 10.1. The van der Waals surface area contributed by atoms with Gasteiger partial charge < -0.3 is 15.1 Å². The van der Waals surface area contributed by atoms with Gasteiger partial charge in [-0.3, -0.25) is 24.6 Å². The molecule has 150 valence electrons. The van der Waals surface area contributed by atoms with Crippen molar-refractivity contribution in [2.45, 2.75) is 12.2 Å². The largest absolute Gasteiger partial charge is 0.338 e. The summed E-state index contributed by atoms with van der Waals surface area (Å²) < 4.78 is 4.55. The van der Waals surface area contributed by atoms with Crippen LogP contribution in [0.3, 0.4) is 0 Å². The maximum Gasteiger partial charge on any atom is 0.328 e. The van der Waals surface area contributed by atoms with Crippen molar-refractivity contribution >= 4 is 46.6 Å². The quantitative estimate of drug-likeness (QED) is 0.530. The summed E-state index contributed by atoms with van der Waals surface area (Å²) in [4.78, 5) is 55.3. The third kappa shape index (κ3) is 2.81. The minimum Gasteiger partial charge on any atom is -0.338 e. The number of carbonyl (C=O) groups excluding carboxylic acids is 3. The molecule has 14 nitrogen and oxygen atoms in total. The molecule has 2 unspecified atom stereocenters. The molecule has 2 aliphatic heterocycles. The first-order chi connectivity index (χ1) is 13.8. The molecular weight excluding hydrogens is 388 g/mol. The van der Waals surface area contributed by atoms with Gasteiger partial charge in [0, 0.05) is 20.2 Å². The second-order valence-corrected chi connectivity index (χ2v) is 6.49. The van der Waals surface area contributed by atoms with Gasteiger partial charge in [-0.15, -0.1) is 0 Å². The number of hydrogen-bond donors (Lipinski definition) is 1. The molecule has 2 aromatic rings. The van der Waals surface area contributed by atoms with Crippen LogP contribution in [0.15, 0.2) is 21.8 Å². The predicted octanol–water partition coefficient (Wildman–Crippen LogP) is -0.368. The number of benzene rings is 1. The number of nitro benzene ring substituents is 1. The molecule has 1 aromatic heterocycles. The second-order valence-electron chi connectivity index (χ2n) is 6.49. The Balaban J connectivity index is 1.52. The normalized spacial score (nSPS) is 21.1. The molecule has 0 spiro atoms. The topological polar surface area (TPSA) is 167 Å². The first kappa shape index (κ1) is 18.3. The van der Waals surface area contributed by atoms with Gasteiger partial charge in [-0.25, -0.2) is 14.4 Å². The lowest BCUT2D eigenvalue weighted by Crippen LogP contribution is -2.64. The fraction of sp³-hybridized carbons (Fsp3) is 0.333. The Kier molecular flexibility index (Phi) is 4.10. The summed E-state index contributed by atoms with van der Waals surface area (Å²) in [5.41, 5.74) is -0.208. The lowest BCUT2D eigenvalue weighted by molar-refractivity contribution is -0.383. The zero-order valence-electron chi connectivity index (χ0n) is 15.2. The molecule has 1 saturated heterocycles. The van der Waals surface area contributed by atoms with Crippen molar-refractivity contribution in [2.75, 3.05) is 26.0 Å². The number of rotatable bonds is 4. The summed E-state index contributed by atoms with van der Waals surface area (Å²) in [6.07, 6.45) is 0.628. The molecular formula is C15H14N8O6. The zero-order valence-corrected chi connectivity index (χ0v) is 15.2. The van der Waals surface area contributed by atoms with E-state index in [1.54, 1.807) is 0 Å². The number of fused-ring (bicyclic) bond motifs is 2. The van der Waals surface area contributed by atoms with E-state index in [1.807, 2.05) is 0 Å². The Morgan fingerprint density at radius 2 is 2.00 bits per heavy atom.